The molecule has 1 aliphatic rings. The van der Waals surface area contributed by atoms with E-state index in [0.29, 0.717) is 0 Å². The van der Waals surface area contributed by atoms with Crippen molar-refractivity contribution in [3.05, 3.63) is 12.4 Å². The second kappa shape index (κ2) is 5.69. The van der Waals surface area contributed by atoms with Crippen LogP contribution >= 0.6 is 11.8 Å². The van der Waals surface area contributed by atoms with E-state index < -0.39 is 0 Å². The normalized spacial score (nSPS) is 18.9. The largest absolute Gasteiger partial charge is 0.394 e. The van der Waals surface area contributed by atoms with Crippen LogP contribution in [0.3, 0.4) is 0 Å². The maximum Gasteiger partial charge on any atom is 0.130 e. The van der Waals surface area contributed by atoms with Gasteiger partial charge in [0, 0.05) is 6.07 Å². The van der Waals surface area contributed by atoms with Gasteiger partial charge in [0.2, 0.25) is 0 Å². The summed E-state index contributed by atoms with van der Waals surface area (Å²) >= 11 is 1.60. The van der Waals surface area contributed by atoms with Gasteiger partial charge in [-0.05, 0) is 19.1 Å². The lowest BCUT2D eigenvalue weighted by molar-refractivity contribution is 0.172. The molecule has 0 atom stereocenters. The Labute approximate surface area is 106 Å². The van der Waals surface area contributed by atoms with Gasteiger partial charge in [0.25, 0.3) is 0 Å². The molecule has 0 unspecified atom stereocenters. The summed E-state index contributed by atoms with van der Waals surface area (Å²) in [7, 11) is 0. The van der Waals surface area contributed by atoms with Gasteiger partial charge in [0.05, 0.1) is 12.1 Å². The molecule has 2 rings (SSSR count). The van der Waals surface area contributed by atoms with Crippen molar-refractivity contribution in [2.45, 2.75) is 42.7 Å². The molecule has 1 heterocycles. The molecule has 0 aliphatic heterocycles. The van der Waals surface area contributed by atoms with Gasteiger partial charge in [-0.2, -0.15) is 0 Å². The van der Waals surface area contributed by atoms with E-state index in [1.54, 1.807) is 18.1 Å². The van der Waals surface area contributed by atoms with Gasteiger partial charge in [-0.25, -0.2) is 9.97 Å². The van der Waals surface area contributed by atoms with Crippen LogP contribution in [0.5, 0.6) is 0 Å². The topological polar surface area (TPSA) is 58.0 Å². The highest BCUT2D eigenvalue weighted by atomic mass is 32.2. The molecule has 1 fully saturated rings. The fourth-order valence-corrected chi connectivity index (χ4v) is 2.72. The van der Waals surface area contributed by atoms with Crippen LogP contribution in [-0.2, 0) is 0 Å². The highest BCUT2D eigenvalue weighted by Gasteiger charge is 2.31. The summed E-state index contributed by atoms with van der Waals surface area (Å²) in [5.74, 6) is 0.820. The zero-order valence-corrected chi connectivity index (χ0v) is 11.0. The van der Waals surface area contributed by atoms with Crippen LogP contribution in [0, 0.1) is 0 Å². The van der Waals surface area contributed by atoms with Crippen molar-refractivity contribution in [3.63, 3.8) is 0 Å². The maximum absolute atomic E-state index is 9.62. The number of anilines is 1. The van der Waals surface area contributed by atoms with Gasteiger partial charge in [0.1, 0.15) is 17.2 Å². The van der Waals surface area contributed by atoms with Crippen LogP contribution in [-0.4, -0.2) is 33.5 Å². The standard InChI is InChI=1S/C12H19N3OS/c1-17-11-7-10(13-9-14-11)15-12(8-16)5-3-2-4-6-12/h7,9,16H,2-6,8H2,1H3,(H,13,14,15). The lowest BCUT2D eigenvalue weighted by Gasteiger charge is -2.36. The predicted octanol–water partition coefficient (Wildman–Crippen LogP) is 2.31. The summed E-state index contributed by atoms with van der Waals surface area (Å²) in [6.45, 7) is 0.172. The van der Waals surface area contributed by atoms with Crippen LogP contribution in [0.15, 0.2) is 17.4 Å². The number of thioether (sulfide) groups is 1. The first-order chi connectivity index (χ1) is 8.28. The number of hydrogen-bond acceptors (Lipinski definition) is 5. The van der Waals surface area contributed by atoms with E-state index in [2.05, 4.69) is 15.3 Å². The highest BCUT2D eigenvalue weighted by molar-refractivity contribution is 7.98. The molecule has 0 saturated heterocycles. The summed E-state index contributed by atoms with van der Waals surface area (Å²) in [4.78, 5) is 8.38. The number of aromatic nitrogens is 2. The summed E-state index contributed by atoms with van der Waals surface area (Å²) in [5, 5.41) is 14.0. The van der Waals surface area contributed by atoms with Crippen molar-refractivity contribution in [1.29, 1.82) is 0 Å². The Morgan fingerprint density at radius 1 is 1.35 bits per heavy atom. The number of hydrogen-bond donors (Lipinski definition) is 2. The Balaban J connectivity index is 2.11. The summed E-state index contributed by atoms with van der Waals surface area (Å²) < 4.78 is 0. The Bertz CT molecular complexity index is 367. The van der Waals surface area contributed by atoms with Crippen LogP contribution < -0.4 is 5.32 Å². The minimum Gasteiger partial charge on any atom is -0.394 e. The second-order valence-corrected chi connectivity index (χ2v) is 5.40. The van der Waals surface area contributed by atoms with E-state index in [1.165, 1.54) is 19.3 Å². The van der Waals surface area contributed by atoms with Gasteiger partial charge < -0.3 is 10.4 Å². The number of aliphatic hydroxyl groups is 1. The molecule has 94 valence electrons. The number of rotatable bonds is 4. The van der Waals surface area contributed by atoms with Crippen LogP contribution in [0.25, 0.3) is 0 Å². The summed E-state index contributed by atoms with van der Waals surface area (Å²) in [6, 6.07) is 1.94. The van der Waals surface area contributed by atoms with Crippen molar-refractivity contribution in [3.8, 4) is 0 Å². The van der Waals surface area contributed by atoms with E-state index in [0.717, 1.165) is 23.7 Å². The first-order valence-electron chi connectivity index (χ1n) is 6.03. The third-order valence-corrected chi connectivity index (χ3v) is 4.00. The third-order valence-electron chi connectivity index (χ3n) is 3.36. The molecule has 0 radical (unpaired) electrons. The van der Waals surface area contributed by atoms with Crippen molar-refractivity contribution < 1.29 is 5.11 Å². The van der Waals surface area contributed by atoms with Crippen LogP contribution in [0.2, 0.25) is 0 Å². The monoisotopic (exact) mass is 253 g/mol. The molecule has 17 heavy (non-hydrogen) atoms. The van der Waals surface area contributed by atoms with Crippen molar-refractivity contribution in [2.75, 3.05) is 18.2 Å². The quantitative estimate of drug-likeness (QED) is 0.637. The van der Waals surface area contributed by atoms with Gasteiger partial charge in [-0.15, -0.1) is 11.8 Å². The molecule has 1 aliphatic carbocycles. The average Bonchev–Trinajstić information content (AvgIpc) is 2.40. The van der Waals surface area contributed by atoms with Gasteiger partial charge in [-0.3, -0.25) is 0 Å². The Hall–Kier alpha value is -0.810. The summed E-state index contributed by atoms with van der Waals surface area (Å²) in [6.07, 6.45) is 9.21. The van der Waals surface area contributed by atoms with Gasteiger partial charge >= 0.3 is 0 Å². The van der Waals surface area contributed by atoms with Crippen molar-refractivity contribution in [2.24, 2.45) is 0 Å². The van der Waals surface area contributed by atoms with E-state index in [9.17, 15) is 5.11 Å². The molecule has 4 nitrogen and oxygen atoms in total. The van der Waals surface area contributed by atoms with Crippen molar-refractivity contribution in [1.82, 2.24) is 9.97 Å². The fraction of sp³-hybridized carbons (Fsp3) is 0.667. The van der Waals surface area contributed by atoms with E-state index in [1.807, 2.05) is 12.3 Å². The lowest BCUT2D eigenvalue weighted by Crippen LogP contribution is -2.44. The SMILES string of the molecule is CSc1cc(NC2(CO)CCCCC2)ncn1. The Morgan fingerprint density at radius 3 is 2.76 bits per heavy atom. The highest BCUT2D eigenvalue weighted by Crippen LogP contribution is 2.31. The molecule has 0 bridgehead atoms. The second-order valence-electron chi connectivity index (χ2n) is 4.57. The molecule has 1 aromatic rings. The zero-order chi connectivity index (χ0) is 12.1. The van der Waals surface area contributed by atoms with Gasteiger partial charge in [0.15, 0.2) is 0 Å². The van der Waals surface area contributed by atoms with E-state index >= 15 is 0 Å². The molecule has 0 amide bonds. The fourth-order valence-electron chi connectivity index (χ4n) is 2.34. The molecule has 1 aromatic heterocycles. The molecular formula is C12H19N3OS. The minimum absolute atomic E-state index is 0.172. The van der Waals surface area contributed by atoms with Crippen molar-refractivity contribution >= 4 is 17.6 Å². The first kappa shape index (κ1) is 12.6. The number of aliphatic hydroxyl groups excluding tert-OH is 1. The lowest BCUT2D eigenvalue weighted by atomic mass is 9.82. The molecule has 0 spiro atoms. The molecular weight excluding hydrogens is 234 g/mol. The maximum atomic E-state index is 9.62. The Kier molecular flexibility index (Phi) is 4.23. The smallest absolute Gasteiger partial charge is 0.130 e. The molecule has 0 aromatic carbocycles. The molecule has 1 saturated carbocycles. The Morgan fingerprint density at radius 2 is 2.12 bits per heavy atom. The predicted molar refractivity (Wildman–Crippen MR) is 70.3 cm³/mol. The first-order valence-corrected chi connectivity index (χ1v) is 7.25. The molecule has 5 heteroatoms. The zero-order valence-electron chi connectivity index (χ0n) is 10.1. The van der Waals surface area contributed by atoms with Crippen LogP contribution in [0.4, 0.5) is 5.82 Å². The van der Waals surface area contributed by atoms with Crippen LogP contribution in [0.1, 0.15) is 32.1 Å². The van der Waals surface area contributed by atoms with E-state index in [-0.39, 0.29) is 12.1 Å². The molecule has 2 N–H and O–H groups in total. The number of nitrogens with one attached hydrogen (secondary N) is 1. The van der Waals surface area contributed by atoms with E-state index in [4.69, 9.17) is 0 Å². The minimum atomic E-state index is -0.178. The third kappa shape index (κ3) is 3.10. The summed E-state index contributed by atoms with van der Waals surface area (Å²) in [5.41, 5.74) is -0.178. The van der Waals surface area contributed by atoms with Gasteiger partial charge in [-0.1, -0.05) is 19.3 Å². The average molecular weight is 253 g/mol. The number of nitrogens with zero attached hydrogens (tertiary/aromatic N) is 2.